The Morgan fingerprint density at radius 3 is 2.68 bits per heavy atom. The van der Waals surface area contributed by atoms with Gasteiger partial charge in [0, 0.05) is 12.6 Å². The molecule has 1 heterocycles. The molecule has 0 unspecified atom stereocenters. The van der Waals surface area contributed by atoms with Gasteiger partial charge < -0.3 is 9.84 Å². The van der Waals surface area contributed by atoms with Crippen LogP contribution in [0.3, 0.4) is 0 Å². The minimum Gasteiger partial charge on any atom is -0.496 e. The molecule has 0 aliphatic heterocycles. The Bertz CT molecular complexity index is 617. The summed E-state index contributed by atoms with van der Waals surface area (Å²) in [5, 5.41) is 13.3. The summed E-state index contributed by atoms with van der Waals surface area (Å²) in [4.78, 5) is 11.0. The number of carboxylic acids is 1. The molecular formula is C14H16N2O3. The van der Waals surface area contributed by atoms with Crippen molar-refractivity contribution in [2.24, 2.45) is 7.05 Å². The van der Waals surface area contributed by atoms with E-state index < -0.39 is 5.97 Å². The second kappa shape index (κ2) is 5.14. The number of hydrogen-bond acceptors (Lipinski definition) is 3. The predicted molar refractivity (Wildman–Crippen MR) is 71.5 cm³/mol. The van der Waals surface area contributed by atoms with E-state index in [0.717, 1.165) is 23.3 Å². The lowest BCUT2D eigenvalue weighted by atomic mass is 10.1. The monoisotopic (exact) mass is 260 g/mol. The molecule has 100 valence electrons. The highest BCUT2D eigenvalue weighted by Crippen LogP contribution is 2.26. The van der Waals surface area contributed by atoms with Gasteiger partial charge in [0.05, 0.1) is 12.8 Å². The number of aromatic carboxylic acids is 1. The maximum atomic E-state index is 11.0. The lowest BCUT2D eigenvalue weighted by molar-refractivity contribution is 0.0685. The maximum Gasteiger partial charge on any atom is 0.354 e. The van der Waals surface area contributed by atoms with E-state index in [1.54, 1.807) is 20.2 Å². The van der Waals surface area contributed by atoms with Gasteiger partial charge in [-0.15, -0.1) is 0 Å². The normalized spacial score (nSPS) is 10.5. The molecule has 2 rings (SSSR count). The lowest BCUT2D eigenvalue weighted by Gasteiger charge is -2.07. The fourth-order valence-electron chi connectivity index (χ4n) is 2.02. The molecule has 0 amide bonds. The van der Waals surface area contributed by atoms with Crippen LogP contribution in [-0.2, 0) is 13.5 Å². The van der Waals surface area contributed by atoms with Gasteiger partial charge in [-0.05, 0) is 36.2 Å². The fourth-order valence-corrected chi connectivity index (χ4v) is 2.02. The molecule has 0 spiro atoms. The first-order valence-electron chi connectivity index (χ1n) is 6.01. The smallest absolute Gasteiger partial charge is 0.354 e. The van der Waals surface area contributed by atoms with Gasteiger partial charge in [0.25, 0.3) is 0 Å². The lowest BCUT2D eigenvalue weighted by Crippen LogP contribution is -2.04. The molecule has 0 radical (unpaired) electrons. The minimum absolute atomic E-state index is 0.170. The highest BCUT2D eigenvalue weighted by Gasteiger charge is 2.13. The zero-order chi connectivity index (χ0) is 14.0. The van der Waals surface area contributed by atoms with Crippen LogP contribution in [0.25, 0.3) is 11.3 Å². The molecule has 2 aromatic rings. The van der Waals surface area contributed by atoms with Crippen LogP contribution in [0.5, 0.6) is 5.75 Å². The van der Waals surface area contributed by atoms with Crippen molar-refractivity contribution in [2.75, 3.05) is 7.11 Å². The Hall–Kier alpha value is -2.30. The summed E-state index contributed by atoms with van der Waals surface area (Å²) < 4.78 is 6.64. The molecule has 0 saturated carbocycles. The van der Waals surface area contributed by atoms with Crippen molar-refractivity contribution in [3.63, 3.8) is 0 Å². The van der Waals surface area contributed by atoms with Gasteiger partial charge in [-0.25, -0.2) is 4.79 Å². The third kappa shape index (κ3) is 2.45. The van der Waals surface area contributed by atoms with Crippen molar-refractivity contribution >= 4 is 5.97 Å². The summed E-state index contributed by atoms with van der Waals surface area (Å²) in [6, 6.07) is 7.31. The predicted octanol–water partition coefficient (Wildman–Crippen LogP) is 2.36. The fraction of sp³-hybridized carbons (Fsp3) is 0.286. The van der Waals surface area contributed by atoms with Gasteiger partial charge in [-0.3, -0.25) is 4.68 Å². The van der Waals surface area contributed by atoms with E-state index in [0.29, 0.717) is 5.69 Å². The van der Waals surface area contributed by atoms with Crippen LogP contribution in [0.4, 0.5) is 0 Å². The second-order valence-electron chi connectivity index (χ2n) is 4.22. The van der Waals surface area contributed by atoms with E-state index in [1.165, 1.54) is 4.68 Å². The number of aromatic nitrogens is 2. The first-order chi connectivity index (χ1) is 9.06. The highest BCUT2D eigenvalue weighted by molar-refractivity contribution is 5.87. The number of nitrogens with zero attached hydrogens (tertiary/aromatic N) is 2. The number of aryl methyl sites for hydroxylation is 2. The molecule has 0 saturated heterocycles. The summed E-state index contributed by atoms with van der Waals surface area (Å²) in [7, 11) is 3.26. The van der Waals surface area contributed by atoms with Crippen molar-refractivity contribution in [3.8, 4) is 17.0 Å². The molecule has 5 heteroatoms. The van der Waals surface area contributed by atoms with Crippen molar-refractivity contribution in [2.45, 2.75) is 13.3 Å². The largest absolute Gasteiger partial charge is 0.496 e. The molecule has 5 nitrogen and oxygen atoms in total. The summed E-state index contributed by atoms with van der Waals surface area (Å²) in [6.45, 7) is 2.04. The van der Waals surface area contributed by atoms with Crippen LogP contribution in [0.1, 0.15) is 23.0 Å². The third-order valence-corrected chi connectivity index (χ3v) is 3.06. The Morgan fingerprint density at radius 1 is 1.42 bits per heavy atom. The van der Waals surface area contributed by atoms with Gasteiger partial charge in [-0.2, -0.15) is 5.10 Å². The zero-order valence-electron chi connectivity index (χ0n) is 11.2. The topological polar surface area (TPSA) is 64.3 Å². The van der Waals surface area contributed by atoms with Crippen LogP contribution in [0.2, 0.25) is 0 Å². The number of carboxylic acid groups (broad SMARTS) is 1. The van der Waals surface area contributed by atoms with Crippen molar-refractivity contribution < 1.29 is 14.6 Å². The van der Waals surface area contributed by atoms with E-state index in [1.807, 2.05) is 25.1 Å². The minimum atomic E-state index is -0.981. The molecular weight excluding hydrogens is 244 g/mol. The Morgan fingerprint density at radius 2 is 2.16 bits per heavy atom. The number of methoxy groups -OCH3 is 1. The Kier molecular flexibility index (Phi) is 3.55. The van der Waals surface area contributed by atoms with Gasteiger partial charge in [0.2, 0.25) is 0 Å². The summed E-state index contributed by atoms with van der Waals surface area (Å²) in [5.74, 6) is -0.147. The standard InChI is InChI=1S/C14H16N2O3/c1-4-9-7-10(5-6-13(9)19-3)11-8-12(14(17)18)16(2)15-11/h5-8H,4H2,1-3H3,(H,17,18). The van der Waals surface area contributed by atoms with Crippen LogP contribution in [-0.4, -0.2) is 28.0 Å². The molecule has 0 atom stereocenters. The number of benzene rings is 1. The average Bonchev–Trinajstić information content (AvgIpc) is 2.80. The Labute approximate surface area is 111 Å². The van der Waals surface area contributed by atoms with E-state index in [-0.39, 0.29) is 5.69 Å². The molecule has 1 N–H and O–H groups in total. The molecule has 19 heavy (non-hydrogen) atoms. The molecule has 1 aromatic carbocycles. The zero-order valence-corrected chi connectivity index (χ0v) is 11.2. The van der Waals surface area contributed by atoms with Crippen molar-refractivity contribution in [1.29, 1.82) is 0 Å². The number of rotatable bonds is 4. The van der Waals surface area contributed by atoms with Gasteiger partial charge in [0.15, 0.2) is 0 Å². The molecule has 0 fully saturated rings. The van der Waals surface area contributed by atoms with Crippen LogP contribution in [0.15, 0.2) is 24.3 Å². The van der Waals surface area contributed by atoms with Crippen molar-refractivity contribution in [1.82, 2.24) is 9.78 Å². The number of hydrogen-bond donors (Lipinski definition) is 1. The first kappa shape index (κ1) is 13.1. The van der Waals surface area contributed by atoms with Gasteiger partial charge in [0.1, 0.15) is 11.4 Å². The quantitative estimate of drug-likeness (QED) is 0.916. The number of carbonyl (C=O) groups is 1. The van der Waals surface area contributed by atoms with E-state index in [2.05, 4.69) is 5.10 Å². The number of ether oxygens (including phenoxy) is 1. The first-order valence-corrected chi connectivity index (χ1v) is 6.01. The van der Waals surface area contributed by atoms with E-state index in [4.69, 9.17) is 9.84 Å². The van der Waals surface area contributed by atoms with Crippen molar-refractivity contribution in [3.05, 3.63) is 35.5 Å². The van der Waals surface area contributed by atoms with E-state index >= 15 is 0 Å². The van der Waals surface area contributed by atoms with Crippen LogP contribution >= 0.6 is 0 Å². The maximum absolute atomic E-state index is 11.0. The van der Waals surface area contributed by atoms with Crippen LogP contribution in [0, 0.1) is 0 Å². The third-order valence-electron chi connectivity index (χ3n) is 3.06. The van der Waals surface area contributed by atoms with E-state index in [9.17, 15) is 4.79 Å². The Balaban J connectivity index is 2.47. The summed E-state index contributed by atoms with van der Waals surface area (Å²) in [5.41, 5.74) is 2.78. The summed E-state index contributed by atoms with van der Waals surface area (Å²) >= 11 is 0. The molecule has 0 bridgehead atoms. The van der Waals surface area contributed by atoms with Gasteiger partial charge >= 0.3 is 5.97 Å². The molecule has 0 aliphatic carbocycles. The van der Waals surface area contributed by atoms with Crippen LogP contribution < -0.4 is 4.74 Å². The SMILES string of the molecule is CCc1cc(-c2cc(C(=O)O)n(C)n2)ccc1OC. The average molecular weight is 260 g/mol. The summed E-state index contributed by atoms with van der Waals surface area (Å²) in [6.07, 6.45) is 0.843. The van der Waals surface area contributed by atoms with Gasteiger partial charge in [-0.1, -0.05) is 6.92 Å². The molecule has 1 aromatic heterocycles. The second-order valence-corrected chi connectivity index (χ2v) is 4.22. The highest BCUT2D eigenvalue weighted by atomic mass is 16.5. The molecule has 0 aliphatic rings.